The van der Waals surface area contributed by atoms with E-state index in [0.29, 0.717) is 19.4 Å². The highest BCUT2D eigenvalue weighted by atomic mass is 32.1. The van der Waals surface area contributed by atoms with Crippen LogP contribution in [0.2, 0.25) is 0 Å². The van der Waals surface area contributed by atoms with E-state index in [9.17, 15) is 19.2 Å². The quantitative estimate of drug-likeness (QED) is 0.149. The third-order valence-corrected chi connectivity index (χ3v) is 12.9. The molecule has 2 N–H and O–H groups in total. The summed E-state index contributed by atoms with van der Waals surface area (Å²) in [6, 6.07) is 7.96. The molecule has 3 unspecified atom stereocenters. The summed E-state index contributed by atoms with van der Waals surface area (Å²) in [6.45, 7) is 18.5. The predicted molar refractivity (Wildman–Crippen MR) is 228 cm³/mol. The minimum absolute atomic E-state index is 0.0119. The molecule has 4 amide bonds. The number of ether oxygens (including phenoxy) is 2. The van der Waals surface area contributed by atoms with Gasteiger partial charge in [0.1, 0.15) is 11.0 Å². The van der Waals surface area contributed by atoms with Crippen molar-refractivity contribution < 1.29 is 28.7 Å². The maximum absolute atomic E-state index is 14.4. The number of nitrogens with one attached hydrogen (secondary N) is 2. The maximum atomic E-state index is 14.4. The van der Waals surface area contributed by atoms with E-state index < -0.39 is 36.3 Å². The van der Waals surface area contributed by atoms with Gasteiger partial charge in [-0.05, 0) is 63.5 Å². The Kier molecular flexibility index (Phi) is 19.1. The van der Waals surface area contributed by atoms with Crippen molar-refractivity contribution in [3.05, 3.63) is 52.5 Å². The zero-order chi connectivity index (χ0) is 42.6. The van der Waals surface area contributed by atoms with Crippen LogP contribution in [0.3, 0.4) is 0 Å². The molecule has 1 aliphatic heterocycles. The summed E-state index contributed by atoms with van der Waals surface area (Å²) in [7, 11) is 6.88. The first kappa shape index (κ1) is 48.0. The minimum atomic E-state index is -0.759. The first-order valence-electron chi connectivity index (χ1n) is 20.9. The molecule has 57 heavy (non-hydrogen) atoms. The zero-order valence-corrected chi connectivity index (χ0v) is 37.7. The number of aromatic nitrogens is 1. The fraction of sp³-hybridized carbons (Fsp3) is 0.705. The Balaban J connectivity index is 1.80. The van der Waals surface area contributed by atoms with Crippen LogP contribution in [0.1, 0.15) is 105 Å². The normalized spacial score (nSPS) is 18.9. The van der Waals surface area contributed by atoms with Crippen molar-refractivity contribution in [2.24, 2.45) is 23.7 Å². The third-order valence-electron chi connectivity index (χ3n) is 12.0. The van der Waals surface area contributed by atoms with Gasteiger partial charge in [-0.15, -0.1) is 11.3 Å². The Morgan fingerprint density at radius 2 is 1.60 bits per heavy atom. The molecule has 2 aromatic rings. The molecule has 1 fully saturated rings. The first-order chi connectivity index (χ1) is 27.0. The molecule has 0 saturated carbocycles. The van der Waals surface area contributed by atoms with Gasteiger partial charge in [0.25, 0.3) is 0 Å². The summed E-state index contributed by atoms with van der Waals surface area (Å²) in [4.78, 5) is 66.5. The lowest BCUT2D eigenvalue weighted by molar-refractivity contribution is -0.148. The molecule has 12 nitrogen and oxygen atoms in total. The van der Waals surface area contributed by atoms with Crippen LogP contribution in [0.5, 0.6) is 0 Å². The summed E-state index contributed by atoms with van der Waals surface area (Å²) >= 11 is 1.51. The molecule has 1 saturated heterocycles. The Morgan fingerprint density at radius 3 is 2.12 bits per heavy atom. The van der Waals surface area contributed by atoms with Gasteiger partial charge in [0.2, 0.25) is 23.6 Å². The van der Waals surface area contributed by atoms with Crippen LogP contribution < -0.4 is 10.6 Å². The number of methoxy groups -OCH3 is 2. The van der Waals surface area contributed by atoms with Crippen LogP contribution in [-0.2, 0) is 35.1 Å². The van der Waals surface area contributed by atoms with Crippen molar-refractivity contribution in [1.82, 2.24) is 30.3 Å². The second kappa shape index (κ2) is 22.7. The highest BCUT2D eigenvalue weighted by Gasteiger charge is 2.43. The van der Waals surface area contributed by atoms with Crippen molar-refractivity contribution in [2.45, 2.75) is 143 Å². The van der Waals surface area contributed by atoms with Crippen LogP contribution in [-0.4, -0.2) is 121 Å². The molecule has 1 aromatic heterocycles. The maximum Gasteiger partial charge on any atom is 0.245 e. The van der Waals surface area contributed by atoms with Gasteiger partial charge in [-0.25, -0.2) is 4.98 Å². The highest BCUT2D eigenvalue weighted by molar-refractivity contribution is 7.09. The number of nitrogens with zero attached hydrogens (tertiary/aromatic N) is 4. The minimum Gasteiger partial charge on any atom is -0.379 e. The number of likely N-dealkylation sites (tertiary alicyclic amines) is 1. The van der Waals surface area contributed by atoms with Crippen molar-refractivity contribution in [3.63, 3.8) is 0 Å². The van der Waals surface area contributed by atoms with Gasteiger partial charge in [-0.2, -0.15) is 0 Å². The number of carbonyl (C=O) groups is 4. The van der Waals surface area contributed by atoms with Gasteiger partial charge >= 0.3 is 0 Å². The number of rotatable bonds is 22. The summed E-state index contributed by atoms with van der Waals surface area (Å²) < 4.78 is 12.1. The van der Waals surface area contributed by atoms with E-state index in [0.717, 1.165) is 23.4 Å². The van der Waals surface area contributed by atoms with E-state index in [4.69, 9.17) is 9.47 Å². The monoisotopic (exact) mass is 813 g/mol. The Hall–Kier alpha value is -3.39. The Morgan fingerprint density at radius 1 is 0.930 bits per heavy atom. The molecule has 0 radical (unpaired) electrons. The van der Waals surface area contributed by atoms with E-state index >= 15 is 0 Å². The third kappa shape index (κ3) is 12.6. The lowest BCUT2D eigenvalue weighted by Gasteiger charge is -2.41. The molecule has 9 atom stereocenters. The molecule has 0 aliphatic carbocycles. The molecular formula is C44H72N6O6S. The second-order valence-electron chi connectivity index (χ2n) is 16.9. The standard InChI is InChI=1S/C44H72N6O6S/c1-14-30(8)39(49(11)44(54)37(27(2)3)47-42(53)38(28(4)5)48(10)29(6)7)35(55-12)26-36(51)50-23-18-21-34(50)40(56-13)31(9)41(52)46-33(43-45-22-24-57-43)25-32-19-16-15-17-20-32/h15-17,19-20,22,24,27-31,33-35,37-40H,14,18,21,23,25-26H2,1-13H3,(H,46,52)(H,47,53)/t30?,31-,33+,34+,35-,37+,38?,39?,40-/m0/s1. The average Bonchev–Trinajstić information content (AvgIpc) is 3.90. The molecule has 2 heterocycles. The zero-order valence-electron chi connectivity index (χ0n) is 36.9. The van der Waals surface area contributed by atoms with Crippen LogP contribution in [0.15, 0.2) is 41.9 Å². The fourth-order valence-electron chi connectivity index (χ4n) is 8.32. The van der Waals surface area contributed by atoms with Gasteiger partial charge < -0.3 is 29.9 Å². The molecule has 1 aliphatic rings. The van der Waals surface area contributed by atoms with E-state index in [1.165, 1.54) is 11.3 Å². The lowest BCUT2D eigenvalue weighted by Crippen LogP contribution is -2.60. The number of hydrogen-bond donors (Lipinski definition) is 2. The molecular weight excluding hydrogens is 741 g/mol. The molecule has 320 valence electrons. The van der Waals surface area contributed by atoms with E-state index in [-0.39, 0.29) is 65.9 Å². The summed E-state index contributed by atoms with van der Waals surface area (Å²) in [6.07, 6.45) is 3.48. The van der Waals surface area contributed by atoms with Gasteiger partial charge in [0, 0.05) is 45.4 Å². The number of hydrogen-bond acceptors (Lipinski definition) is 9. The number of likely N-dealkylation sites (N-methyl/N-ethyl adjacent to an activating group) is 2. The van der Waals surface area contributed by atoms with E-state index in [2.05, 4.69) is 43.3 Å². The topological polar surface area (TPSA) is 133 Å². The molecule has 1 aromatic carbocycles. The van der Waals surface area contributed by atoms with E-state index in [1.807, 2.05) is 87.2 Å². The van der Waals surface area contributed by atoms with Crippen molar-refractivity contribution in [2.75, 3.05) is 34.9 Å². The van der Waals surface area contributed by atoms with Crippen LogP contribution in [0.25, 0.3) is 0 Å². The summed E-state index contributed by atoms with van der Waals surface area (Å²) in [5.41, 5.74) is 1.09. The largest absolute Gasteiger partial charge is 0.379 e. The molecule has 13 heteroatoms. The number of benzene rings is 1. The van der Waals surface area contributed by atoms with Crippen LogP contribution in [0.4, 0.5) is 0 Å². The fourth-order valence-corrected chi connectivity index (χ4v) is 9.01. The van der Waals surface area contributed by atoms with Gasteiger partial charge in [0.05, 0.1) is 48.7 Å². The second-order valence-corrected chi connectivity index (χ2v) is 17.8. The molecule has 0 spiro atoms. The molecule has 0 bridgehead atoms. The summed E-state index contributed by atoms with van der Waals surface area (Å²) in [5.74, 6) is -1.36. The summed E-state index contributed by atoms with van der Waals surface area (Å²) in [5, 5.41) is 9.08. The van der Waals surface area contributed by atoms with Crippen molar-refractivity contribution in [1.29, 1.82) is 0 Å². The van der Waals surface area contributed by atoms with Gasteiger partial charge in [0.15, 0.2) is 0 Å². The molecule has 3 rings (SSSR count). The van der Waals surface area contributed by atoms with Crippen LogP contribution >= 0.6 is 11.3 Å². The number of amides is 4. The smallest absolute Gasteiger partial charge is 0.245 e. The number of thiazole rings is 1. The Labute approximate surface area is 346 Å². The van der Waals surface area contributed by atoms with Crippen molar-refractivity contribution in [3.8, 4) is 0 Å². The first-order valence-corrected chi connectivity index (χ1v) is 21.7. The average molecular weight is 813 g/mol. The predicted octanol–water partition coefficient (Wildman–Crippen LogP) is 5.97. The van der Waals surface area contributed by atoms with E-state index in [1.54, 1.807) is 32.4 Å². The highest BCUT2D eigenvalue weighted by Crippen LogP contribution is 2.30. The number of carbonyl (C=O) groups excluding carboxylic acids is 4. The van der Waals surface area contributed by atoms with Gasteiger partial charge in [-0.1, -0.05) is 85.2 Å². The van der Waals surface area contributed by atoms with Crippen LogP contribution in [0, 0.1) is 23.7 Å². The Bertz CT molecular complexity index is 1540. The van der Waals surface area contributed by atoms with Gasteiger partial charge in [-0.3, -0.25) is 24.1 Å². The SMILES string of the molecule is CCC(C)C([C@H](CC(=O)N1CCC[C@@H]1[C@@H](OC)[C@H](C)C(=O)N[C@H](Cc1ccccc1)c1nccs1)OC)N(C)C(=O)[C@H](NC(=O)C(C(C)C)N(C)C(C)C)C(C)C. The van der Waals surface area contributed by atoms with Crippen molar-refractivity contribution >= 4 is 35.0 Å². The lowest BCUT2D eigenvalue weighted by atomic mass is 9.89.